The van der Waals surface area contributed by atoms with E-state index in [0.717, 1.165) is 32.4 Å². The molecule has 0 spiro atoms. The van der Waals surface area contributed by atoms with E-state index >= 15 is 0 Å². The van der Waals surface area contributed by atoms with E-state index in [9.17, 15) is 4.79 Å². The molecule has 0 radical (unpaired) electrons. The molecule has 2 unspecified atom stereocenters. The summed E-state index contributed by atoms with van der Waals surface area (Å²) in [5.41, 5.74) is 2.48. The van der Waals surface area contributed by atoms with E-state index in [1.165, 1.54) is 11.1 Å². The van der Waals surface area contributed by atoms with Crippen LogP contribution in [0.3, 0.4) is 0 Å². The van der Waals surface area contributed by atoms with Gasteiger partial charge in [0, 0.05) is 6.54 Å². The molecule has 3 heteroatoms. The normalized spacial score (nSPS) is 21.1. The first-order valence-electron chi connectivity index (χ1n) is 7.74. The number of likely N-dealkylation sites (tertiary alicyclic amines) is 1. The lowest BCUT2D eigenvalue weighted by atomic mass is 9.99. The first-order valence-corrected chi connectivity index (χ1v) is 7.74. The number of nitrogens with one attached hydrogen (secondary N) is 1. The summed E-state index contributed by atoms with van der Waals surface area (Å²) < 4.78 is 0. The monoisotopic (exact) mass is 274 g/mol. The van der Waals surface area contributed by atoms with Crippen LogP contribution in [0.4, 0.5) is 0 Å². The Labute approximate surface area is 122 Å². The summed E-state index contributed by atoms with van der Waals surface area (Å²) in [6.45, 7) is 8.14. The van der Waals surface area contributed by atoms with E-state index in [0.29, 0.717) is 0 Å². The van der Waals surface area contributed by atoms with Crippen LogP contribution in [-0.2, 0) is 4.79 Å². The highest BCUT2D eigenvalue weighted by molar-refractivity contribution is 5.83. The number of hydrogen-bond acceptors (Lipinski definition) is 2. The first kappa shape index (κ1) is 15.0. The lowest BCUT2D eigenvalue weighted by molar-refractivity contribution is -0.138. The van der Waals surface area contributed by atoms with Gasteiger partial charge in [0.15, 0.2) is 0 Å². The standard InChI is InChI=1S/C17H26N2O/c1-4-11-18-16-6-5-12-19(17(16)20)14(3)15-9-7-13(2)8-10-15/h7-10,14,16,18H,4-6,11-12H2,1-3H3. The molecule has 1 heterocycles. The SMILES string of the molecule is CCCNC1CCCN(C(C)c2ccc(C)cc2)C1=O. The van der Waals surface area contributed by atoms with Crippen molar-refractivity contribution in [3.05, 3.63) is 35.4 Å². The maximum absolute atomic E-state index is 12.6. The zero-order chi connectivity index (χ0) is 14.5. The van der Waals surface area contributed by atoms with Gasteiger partial charge in [0.1, 0.15) is 0 Å². The molecule has 0 bridgehead atoms. The van der Waals surface area contributed by atoms with Gasteiger partial charge < -0.3 is 10.2 Å². The van der Waals surface area contributed by atoms with E-state index in [1.807, 2.05) is 4.90 Å². The Morgan fingerprint density at radius 2 is 2.05 bits per heavy atom. The quantitative estimate of drug-likeness (QED) is 0.895. The van der Waals surface area contributed by atoms with Crippen LogP contribution in [0.1, 0.15) is 50.3 Å². The molecule has 1 aromatic rings. The molecule has 1 saturated heterocycles. The van der Waals surface area contributed by atoms with Crippen molar-refractivity contribution in [2.75, 3.05) is 13.1 Å². The van der Waals surface area contributed by atoms with Gasteiger partial charge in [-0.15, -0.1) is 0 Å². The van der Waals surface area contributed by atoms with Crippen molar-refractivity contribution in [1.29, 1.82) is 0 Å². The zero-order valence-corrected chi connectivity index (χ0v) is 12.9. The van der Waals surface area contributed by atoms with Crippen LogP contribution >= 0.6 is 0 Å². The molecular formula is C17H26N2O. The van der Waals surface area contributed by atoms with E-state index in [-0.39, 0.29) is 18.0 Å². The Balaban J connectivity index is 2.06. The van der Waals surface area contributed by atoms with Gasteiger partial charge >= 0.3 is 0 Å². The van der Waals surface area contributed by atoms with Gasteiger partial charge in [-0.3, -0.25) is 4.79 Å². The molecule has 3 nitrogen and oxygen atoms in total. The van der Waals surface area contributed by atoms with Crippen LogP contribution in [0, 0.1) is 6.92 Å². The Hall–Kier alpha value is -1.35. The molecule has 2 rings (SSSR count). The average molecular weight is 274 g/mol. The summed E-state index contributed by atoms with van der Waals surface area (Å²) in [5.74, 6) is 0.262. The fourth-order valence-corrected chi connectivity index (χ4v) is 2.82. The number of nitrogens with zero attached hydrogens (tertiary/aromatic N) is 1. The minimum absolute atomic E-state index is 0.0107. The maximum atomic E-state index is 12.6. The molecule has 1 aromatic carbocycles. The third-order valence-corrected chi connectivity index (χ3v) is 4.14. The van der Waals surface area contributed by atoms with Crippen molar-refractivity contribution < 1.29 is 4.79 Å². The largest absolute Gasteiger partial charge is 0.335 e. The lowest BCUT2D eigenvalue weighted by Gasteiger charge is -2.37. The third kappa shape index (κ3) is 3.40. The van der Waals surface area contributed by atoms with Gasteiger partial charge in [0.25, 0.3) is 0 Å². The molecule has 110 valence electrons. The first-order chi connectivity index (χ1) is 9.63. The zero-order valence-electron chi connectivity index (χ0n) is 12.9. The predicted octanol–water partition coefficient (Wildman–Crippen LogP) is 3.05. The Morgan fingerprint density at radius 3 is 2.70 bits per heavy atom. The second-order valence-corrected chi connectivity index (χ2v) is 5.77. The summed E-state index contributed by atoms with van der Waals surface area (Å²) in [4.78, 5) is 14.6. The van der Waals surface area contributed by atoms with Gasteiger partial charge in [-0.1, -0.05) is 36.8 Å². The summed E-state index contributed by atoms with van der Waals surface area (Å²) in [7, 11) is 0. The number of carbonyl (C=O) groups excluding carboxylic acids is 1. The van der Waals surface area contributed by atoms with Crippen LogP contribution < -0.4 is 5.32 Å². The maximum Gasteiger partial charge on any atom is 0.240 e. The van der Waals surface area contributed by atoms with Gasteiger partial charge in [-0.05, 0) is 45.2 Å². The molecule has 1 aliphatic rings. The second-order valence-electron chi connectivity index (χ2n) is 5.77. The van der Waals surface area contributed by atoms with Crippen molar-refractivity contribution >= 4 is 5.91 Å². The van der Waals surface area contributed by atoms with Gasteiger partial charge in [0.05, 0.1) is 12.1 Å². The fraction of sp³-hybridized carbons (Fsp3) is 0.588. The van der Waals surface area contributed by atoms with Crippen LogP contribution in [-0.4, -0.2) is 29.9 Å². The van der Waals surface area contributed by atoms with Crippen molar-refractivity contribution in [1.82, 2.24) is 10.2 Å². The number of hydrogen-bond donors (Lipinski definition) is 1. The lowest BCUT2D eigenvalue weighted by Crippen LogP contribution is -2.51. The number of piperidine rings is 1. The Bertz CT molecular complexity index is 441. The van der Waals surface area contributed by atoms with Crippen molar-refractivity contribution in [2.45, 2.75) is 52.1 Å². The van der Waals surface area contributed by atoms with Gasteiger partial charge in [0.2, 0.25) is 5.91 Å². The Morgan fingerprint density at radius 1 is 1.35 bits per heavy atom. The van der Waals surface area contributed by atoms with Crippen LogP contribution in [0.25, 0.3) is 0 Å². The molecule has 1 aliphatic heterocycles. The van der Waals surface area contributed by atoms with Gasteiger partial charge in [-0.25, -0.2) is 0 Å². The summed E-state index contributed by atoms with van der Waals surface area (Å²) in [5, 5.41) is 3.38. The van der Waals surface area contributed by atoms with Gasteiger partial charge in [-0.2, -0.15) is 0 Å². The molecular weight excluding hydrogens is 248 g/mol. The van der Waals surface area contributed by atoms with E-state index in [1.54, 1.807) is 0 Å². The topological polar surface area (TPSA) is 32.3 Å². The molecule has 2 atom stereocenters. The summed E-state index contributed by atoms with van der Waals surface area (Å²) in [6, 6.07) is 8.68. The average Bonchev–Trinajstić information content (AvgIpc) is 2.46. The number of rotatable bonds is 5. The molecule has 0 aromatic heterocycles. The highest BCUT2D eigenvalue weighted by atomic mass is 16.2. The minimum atomic E-state index is 0.0107. The third-order valence-electron chi connectivity index (χ3n) is 4.14. The van der Waals surface area contributed by atoms with Crippen LogP contribution in [0.15, 0.2) is 24.3 Å². The van der Waals surface area contributed by atoms with Crippen LogP contribution in [0.5, 0.6) is 0 Å². The van der Waals surface area contributed by atoms with E-state index < -0.39 is 0 Å². The minimum Gasteiger partial charge on any atom is -0.335 e. The Kier molecular flexibility index (Phi) is 5.18. The number of benzene rings is 1. The smallest absolute Gasteiger partial charge is 0.240 e. The predicted molar refractivity (Wildman–Crippen MR) is 82.6 cm³/mol. The molecule has 1 amide bonds. The number of amides is 1. The second kappa shape index (κ2) is 6.89. The highest BCUT2D eigenvalue weighted by Crippen LogP contribution is 2.25. The highest BCUT2D eigenvalue weighted by Gasteiger charge is 2.31. The van der Waals surface area contributed by atoms with E-state index in [4.69, 9.17) is 0 Å². The number of aryl methyl sites for hydroxylation is 1. The molecule has 20 heavy (non-hydrogen) atoms. The number of carbonyl (C=O) groups is 1. The fourth-order valence-electron chi connectivity index (χ4n) is 2.82. The molecule has 1 N–H and O–H groups in total. The van der Waals surface area contributed by atoms with Crippen molar-refractivity contribution in [3.63, 3.8) is 0 Å². The molecule has 1 fully saturated rings. The molecule has 0 aliphatic carbocycles. The molecule has 0 saturated carbocycles. The van der Waals surface area contributed by atoms with E-state index in [2.05, 4.69) is 50.4 Å². The van der Waals surface area contributed by atoms with Crippen LogP contribution in [0.2, 0.25) is 0 Å². The van der Waals surface area contributed by atoms with Crippen molar-refractivity contribution in [2.24, 2.45) is 0 Å². The summed E-state index contributed by atoms with van der Waals surface area (Å²) >= 11 is 0. The summed E-state index contributed by atoms with van der Waals surface area (Å²) in [6.07, 6.45) is 3.12. The van der Waals surface area contributed by atoms with Crippen molar-refractivity contribution in [3.8, 4) is 0 Å².